The van der Waals surface area contributed by atoms with E-state index in [1.807, 2.05) is 0 Å². The zero-order chi connectivity index (χ0) is 20.0. The monoisotopic (exact) mass is 372 g/mol. The van der Waals surface area contributed by atoms with Crippen molar-refractivity contribution in [1.82, 2.24) is 0 Å². The number of methoxy groups -OCH3 is 2. The summed E-state index contributed by atoms with van der Waals surface area (Å²) in [7, 11) is 2.92. The summed E-state index contributed by atoms with van der Waals surface area (Å²) in [5.41, 5.74) is 3.65. The Morgan fingerprint density at radius 2 is 1.81 bits per heavy atom. The first-order chi connectivity index (χ1) is 12.7. The van der Waals surface area contributed by atoms with Crippen molar-refractivity contribution < 1.29 is 19.1 Å². The maximum atomic E-state index is 12.7. The molecule has 0 N–H and O–H groups in total. The van der Waals surface area contributed by atoms with Gasteiger partial charge in [-0.15, -0.1) is 0 Å². The molecule has 0 bridgehead atoms. The molecule has 0 heterocycles. The van der Waals surface area contributed by atoms with Gasteiger partial charge < -0.3 is 9.47 Å². The van der Waals surface area contributed by atoms with Crippen molar-refractivity contribution in [3.8, 4) is 0 Å². The van der Waals surface area contributed by atoms with Crippen molar-refractivity contribution in [2.24, 2.45) is 11.3 Å². The Bertz CT molecular complexity index is 766. The van der Waals surface area contributed by atoms with Gasteiger partial charge in [-0.1, -0.05) is 33.3 Å². The zero-order valence-corrected chi connectivity index (χ0v) is 17.5. The van der Waals surface area contributed by atoms with Crippen molar-refractivity contribution in [3.05, 3.63) is 34.4 Å². The molecule has 27 heavy (non-hydrogen) atoms. The van der Waals surface area contributed by atoms with E-state index in [9.17, 15) is 9.59 Å². The van der Waals surface area contributed by atoms with Gasteiger partial charge in [-0.25, -0.2) is 4.79 Å². The van der Waals surface area contributed by atoms with Crippen LogP contribution in [-0.4, -0.2) is 26.2 Å². The van der Waals surface area contributed by atoms with E-state index in [4.69, 9.17) is 9.47 Å². The normalized spacial score (nSPS) is 29.7. The zero-order valence-electron chi connectivity index (χ0n) is 17.5. The van der Waals surface area contributed by atoms with Crippen molar-refractivity contribution in [2.45, 2.75) is 71.1 Å². The summed E-state index contributed by atoms with van der Waals surface area (Å²) in [6.45, 7) is 8.55. The maximum Gasteiger partial charge on any atom is 0.338 e. The Morgan fingerprint density at radius 3 is 2.41 bits per heavy atom. The SMILES string of the molecule is COC(=O)c1cc2c(cc1C(C)C)CCC1C(C)(C(=O)OC)CCCC21C. The largest absolute Gasteiger partial charge is 0.469 e. The first kappa shape index (κ1) is 19.9. The molecule has 0 amide bonds. The summed E-state index contributed by atoms with van der Waals surface area (Å²) in [5, 5.41) is 0. The quantitative estimate of drug-likeness (QED) is 0.717. The second-order valence-electron chi connectivity index (χ2n) is 9.01. The minimum atomic E-state index is -0.471. The number of ether oxygens (including phenoxy) is 2. The molecule has 1 saturated carbocycles. The van der Waals surface area contributed by atoms with E-state index in [0.29, 0.717) is 5.56 Å². The van der Waals surface area contributed by atoms with Crippen LogP contribution in [0, 0.1) is 11.3 Å². The van der Waals surface area contributed by atoms with Crippen LogP contribution in [-0.2, 0) is 26.1 Å². The average Bonchev–Trinajstić information content (AvgIpc) is 2.65. The van der Waals surface area contributed by atoms with Crippen LogP contribution < -0.4 is 0 Å². The molecule has 1 fully saturated rings. The number of carbonyl (C=O) groups excluding carboxylic acids is 2. The van der Waals surface area contributed by atoms with Gasteiger partial charge in [-0.3, -0.25) is 4.79 Å². The van der Waals surface area contributed by atoms with Gasteiger partial charge in [-0.05, 0) is 72.6 Å². The van der Waals surface area contributed by atoms with Crippen LogP contribution in [0.2, 0.25) is 0 Å². The maximum absolute atomic E-state index is 12.7. The lowest BCUT2D eigenvalue weighted by Crippen LogP contribution is -2.52. The number of hydrogen-bond donors (Lipinski definition) is 0. The number of benzene rings is 1. The van der Waals surface area contributed by atoms with Crippen molar-refractivity contribution in [1.29, 1.82) is 0 Å². The van der Waals surface area contributed by atoms with Crippen molar-refractivity contribution >= 4 is 11.9 Å². The fraction of sp³-hybridized carbons (Fsp3) is 0.652. The van der Waals surface area contributed by atoms with E-state index >= 15 is 0 Å². The summed E-state index contributed by atoms with van der Waals surface area (Å²) in [6.07, 6.45) is 4.78. The molecule has 4 nitrogen and oxygen atoms in total. The molecule has 0 radical (unpaired) electrons. The molecule has 1 aromatic rings. The highest BCUT2D eigenvalue weighted by molar-refractivity contribution is 5.92. The molecule has 2 aliphatic rings. The molecule has 0 aromatic heterocycles. The molecular weight excluding hydrogens is 340 g/mol. The molecule has 0 spiro atoms. The molecule has 3 rings (SSSR count). The van der Waals surface area contributed by atoms with Gasteiger partial charge in [0.1, 0.15) is 0 Å². The van der Waals surface area contributed by atoms with E-state index in [2.05, 4.69) is 39.8 Å². The topological polar surface area (TPSA) is 52.6 Å². The molecule has 1 aromatic carbocycles. The van der Waals surface area contributed by atoms with Crippen molar-refractivity contribution in [2.75, 3.05) is 14.2 Å². The predicted octanol–water partition coefficient (Wildman–Crippen LogP) is 4.78. The average molecular weight is 373 g/mol. The van der Waals surface area contributed by atoms with Crippen LogP contribution >= 0.6 is 0 Å². The van der Waals surface area contributed by atoms with Gasteiger partial charge in [0.15, 0.2) is 0 Å². The third kappa shape index (κ3) is 2.97. The van der Waals surface area contributed by atoms with Crippen LogP contribution in [0.3, 0.4) is 0 Å². The fourth-order valence-corrected chi connectivity index (χ4v) is 5.78. The second-order valence-corrected chi connectivity index (χ2v) is 9.01. The number of hydrogen-bond acceptors (Lipinski definition) is 4. The third-order valence-corrected chi connectivity index (χ3v) is 7.20. The standard InChI is InChI=1S/C23H32O4/c1-14(2)16-12-15-8-9-19-22(3,18(15)13-17(16)20(24)26-5)10-7-11-23(19,4)21(25)27-6/h12-14,19H,7-11H2,1-6H3. The molecule has 0 aliphatic heterocycles. The van der Waals surface area contributed by atoms with Crippen LogP contribution in [0.5, 0.6) is 0 Å². The second kappa shape index (κ2) is 6.96. The highest BCUT2D eigenvalue weighted by Gasteiger charge is 2.55. The van der Waals surface area contributed by atoms with Crippen LogP contribution in [0.25, 0.3) is 0 Å². The summed E-state index contributed by atoms with van der Waals surface area (Å²) < 4.78 is 10.3. The Morgan fingerprint density at radius 1 is 1.11 bits per heavy atom. The van der Waals surface area contributed by atoms with Gasteiger partial charge in [0.25, 0.3) is 0 Å². The lowest BCUT2D eigenvalue weighted by molar-refractivity contribution is -0.161. The van der Waals surface area contributed by atoms with Crippen LogP contribution in [0.4, 0.5) is 0 Å². The highest BCUT2D eigenvalue weighted by Crippen LogP contribution is 2.58. The minimum Gasteiger partial charge on any atom is -0.469 e. The van der Waals surface area contributed by atoms with Gasteiger partial charge in [0, 0.05) is 0 Å². The van der Waals surface area contributed by atoms with Gasteiger partial charge in [0.2, 0.25) is 0 Å². The molecule has 148 valence electrons. The highest BCUT2D eigenvalue weighted by atomic mass is 16.5. The van der Waals surface area contributed by atoms with E-state index in [-0.39, 0.29) is 29.2 Å². The number of fused-ring (bicyclic) bond motifs is 3. The predicted molar refractivity (Wildman–Crippen MR) is 105 cm³/mol. The summed E-state index contributed by atoms with van der Waals surface area (Å²) in [6, 6.07) is 4.27. The lowest BCUT2D eigenvalue weighted by atomic mass is 9.49. The van der Waals surface area contributed by atoms with Crippen LogP contribution in [0.15, 0.2) is 12.1 Å². The first-order valence-electron chi connectivity index (χ1n) is 10.0. The molecule has 3 atom stereocenters. The molecule has 3 unspecified atom stereocenters. The Kier molecular flexibility index (Phi) is 5.13. The smallest absolute Gasteiger partial charge is 0.338 e. The van der Waals surface area contributed by atoms with Crippen LogP contribution in [0.1, 0.15) is 86.3 Å². The number of aryl methyl sites for hydroxylation is 1. The Hall–Kier alpha value is -1.84. The van der Waals surface area contributed by atoms with Crippen molar-refractivity contribution in [3.63, 3.8) is 0 Å². The lowest BCUT2D eigenvalue weighted by Gasteiger charge is -2.54. The molecule has 4 heteroatoms. The first-order valence-corrected chi connectivity index (χ1v) is 10.0. The summed E-state index contributed by atoms with van der Waals surface area (Å²) in [5.74, 6) is 0.0864. The van der Waals surface area contributed by atoms with Gasteiger partial charge in [0.05, 0.1) is 25.2 Å². The summed E-state index contributed by atoms with van der Waals surface area (Å²) >= 11 is 0. The minimum absolute atomic E-state index is 0.103. The third-order valence-electron chi connectivity index (χ3n) is 7.20. The number of rotatable bonds is 3. The number of esters is 2. The van der Waals surface area contributed by atoms with E-state index < -0.39 is 5.41 Å². The molecule has 2 aliphatic carbocycles. The van der Waals surface area contributed by atoms with E-state index in [1.165, 1.54) is 25.3 Å². The Balaban J connectivity index is 2.17. The molecule has 0 saturated heterocycles. The number of carbonyl (C=O) groups is 2. The fourth-order valence-electron chi connectivity index (χ4n) is 5.78. The molecular formula is C23H32O4. The van der Waals surface area contributed by atoms with E-state index in [1.54, 1.807) is 0 Å². The van der Waals surface area contributed by atoms with E-state index in [0.717, 1.165) is 37.7 Å². The van der Waals surface area contributed by atoms with Gasteiger partial charge in [-0.2, -0.15) is 0 Å². The van der Waals surface area contributed by atoms with Gasteiger partial charge >= 0.3 is 11.9 Å². The Labute approximate surface area is 162 Å². The summed E-state index contributed by atoms with van der Waals surface area (Å²) in [4.78, 5) is 25.1.